The van der Waals surface area contributed by atoms with Crippen molar-refractivity contribution in [2.24, 2.45) is 0 Å². The van der Waals surface area contributed by atoms with Gasteiger partial charge in [-0.3, -0.25) is 0 Å². The standard InChI is InChI=1S/C16H21BrN2OS/c1-4-18-8-12-7-14(5-6-15(12)17)20-9-13-10-21-16(19-13)11(2)3/h5-7,10-11,18H,4,8-9H2,1-3H3. The first kappa shape index (κ1) is 16.5. The molecule has 2 aromatic rings. The van der Waals surface area contributed by atoms with Crippen LogP contribution in [0.1, 0.15) is 43.0 Å². The quantitative estimate of drug-likeness (QED) is 0.767. The summed E-state index contributed by atoms with van der Waals surface area (Å²) in [6.45, 7) is 8.72. The van der Waals surface area contributed by atoms with Crippen LogP contribution in [0.4, 0.5) is 0 Å². The van der Waals surface area contributed by atoms with Gasteiger partial charge in [0.05, 0.1) is 10.7 Å². The Morgan fingerprint density at radius 1 is 1.38 bits per heavy atom. The highest BCUT2D eigenvalue weighted by Crippen LogP contribution is 2.24. The van der Waals surface area contributed by atoms with Gasteiger partial charge in [-0.2, -0.15) is 0 Å². The monoisotopic (exact) mass is 368 g/mol. The molecule has 5 heteroatoms. The van der Waals surface area contributed by atoms with E-state index in [0.717, 1.165) is 34.0 Å². The van der Waals surface area contributed by atoms with Crippen LogP contribution in [0.15, 0.2) is 28.1 Å². The van der Waals surface area contributed by atoms with Crippen molar-refractivity contribution in [2.45, 2.75) is 39.8 Å². The van der Waals surface area contributed by atoms with E-state index in [4.69, 9.17) is 4.74 Å². The minimum absolute atomic E-state index is 0.475. The molecule has 0 fully saturated rings. The Hall–Kier alpha value is -0.910. The summed E-state index contributed by atoms with van der Waals surface area (Å²) in [5, 5.41) is 6.57. The second-order valence-corrected chi connectivity index (χ2v) is 6.90. The summed E-state index contributed by atoms with van der Waals surface area (Å²) in [6, 6.07) is 6.08. The maximum absolute atomic E-state index is 5.86. The van der Waals surface area contributed by atoms with Crippen LogP contribution in [0.25, 0.3) is 0 Å². The van der Waals surface area contributed by atoms with Crippen molar-refractivity contribution in [3.8, 4) is 5.75 Å². The molecule has 0 atom stereocenters. The van der Waals surface area contributed by atoms with E-state index >= 15 is 0 Å². The Morgan fingerprint density at radius 3 is 2.86 bits per heavy atom. The van der Waals surface area contributed by atoms with Crippen molar-refractivity contribution in [1.82, 2.24) is 10.3 Å². The summed E-state index contributed by atoms with van der Waals surface area (Å²) in [4.78, 5) is 4.59. The molecule has 2 rings (SSSR count). The van der Waals surface area contributed by atoms with E-state index in [1.165, 1.54) is 5.56 Å². The van der Waals surface area contributed by atoms with Crippen LogP contribution in [0.3, 0.4) is 0 Å². The van der Waals surface area contributed by atoms with E-state index in [2.05, 4.69) is 58.4 Å². The zero-order valence-electron chi connectivity index (χ0n) is 12.6. The second kappa shape index (κ2) is 7.92. The highest BCUT2D eigenvalue weighted by molar-refractivity contribution is 9.10. The van der Waals surface area contributed by atoms with Crippen LogP contribution in [-0.2, 0) is 13.2 Å². The van der Waals surface area contributed by atoms with Gasteiger partial charge in [0.25, 0.3) is 0 Å². The lowest BCUT2D eigenvalue weighted by atomic mass is 10.2. The first-order chi connectivity index (χ1) is 10.1. The summed E-state index contributed by atoms with van der Waals surface area (Å²) in [5.74, 6) is 1.35. The first-order valence-electron chi connectivity index (χ1n) is 7.16. The third-order valence-corrected chi connectivity index (χ3v) is 5.00. The molecule has 21 heavy (non-hydrogen) atoms. The maximum atomic E-state index is 5.86. The van der Waals surface area contributed by atoms with Crippen LogP contribution in [0.2, 0.25) is 0 Å². The van der Waals surface area contributed by atoms with Gasteiger partial charge >= 0.3 is 0 Å². The molecule has 0 bridgehead atoms. The second-order valence-electron chi connectivity index (χ2n) is 5.15. The molecule has 1 aromatic carbocycles. The number of halogens is 1. The van der Waals surface area contributed by atoms with Crippen molar-refractivity contribution < 1.29 is 4.74 Å². The molecule has 0 amide bonds. The van der Waals surface area contributed by atoms with E-state index < -0.39 is 0 Å². The number of ether oxygens (including phenoxy) is 1. The molecular formula is C16H21BrN2OS. The fourth-order valence-electron chi connectivity index (χ4n) is 1.85. The minimum Gasteiger partial charge on any atom is -0.487 e. The Kier molecular flexibility index (Phi) is 6.21. The number of aromatic nitrogens is 1. The van der Waals surface area contributed by atoms with Crippen molar-refractivity contribution in [3.63, 3.8) is 0 Å². The van der Waals surface area contributed by atoms with E-state index in [-0.39, 0.29) is 0 Å². The van der Waals surface area contributed by atoms with Crippen molar-refractivity contribution in [1.29, 1.82) is 0 Å². The van der Waals surface area contributed by atoms with Gasteiger partial charge in [-0.1, -0.05) is 36.7 Å². The van der Waals surface area contributed by atoms with Crippen LogP contribution in [0.5, 0.6) is 5.75 Å². The molecule has 1 aromatic heterocycles. The molecule has 0 unspecified atom stereocenters. The average molecular weight is 369 g/mol. The summed E-state index contributed by atoms with van der Waals surface area (Å²) in [7, 11) is 0. The normalized spacial score (nSPS) is 11.1. The van der Waals surface area contributed by atoms with Crippen LogP contribution in [-0.4, -0.2) is 11.5 Å². The summed E-state index contributed by atoms with van der Waals surface area (Å²) in [6.07, 6.45) is 0. The number of hydrogen-bond acceptors (Lipinski definition) is 4. The minimum atomic E-state index is 0.475. The lowest BCUT2D eigenvalue weighted by molar-refractivity contribution is 0.301. The fourth-order valence-corrected chi connectivity index (χ4v) is 3.05. The van der Waals surface area contributed by atoms with Crippen LogP contribution >= 0.6 is 27.3 Å². The van der Waals surface area contributed by atoms with Gasteiger partial charge in [-0.15, -0.1) is 11.3 Å². The average Bonchev–Trinajstić information content (AvgIpc) is 2.94. The summed E-state index contributed by atoms with van der Waals surface area (Å²) >= 11 is 5.27. The fraction of sp³-hybridized carbons (Fsp3) is 0.438. The van der Waals surface area contributed by atoms with Gasteiger partial charge in [0.2, 0.25) is 0 Å². The van der Waals surface area contributed by atoms with Crippen LogP contribution < -0.4 is 10.1 Å². The number of nitrogens with zero attached hydrogens (tertiary/aromatic N) is 1. The third-order valence-electron chi connectivity index (χ3n) is 3.03. The molecule has 3 nitrogen and oxygen atoms in total. The summed E-state index contributed by atoms with van der Waals surface area (Å²) in [5.41, 5.74) is 2.20. The van der Waals surface area contributed by atoms with Gasteiger partial charge in [0.1, 0.15) is 12.4 Å². The number of hydrogen-bond donors (Lipinski definition) is 1. The van der Waals surface area contributed by atoms with Crippen molar-refractivity contribution >= 4 is 27.3 Å². The molecule has 0 spiro atoms. The first-order valence-corrected chi connectivity index (χ1v) is 8.83. The molecular weight excluding hydrogens is 348 g/mol. The third kappa shape index (κ3) is 4.80. The van der Waals surface area contributed by atoms with E-state index in [9.17, 15) is 0 Å². The Bertz CT molecular complexity index is 583. The molecule has 0 aliphatic rings. The van der Waals surface area contributed by atoms with Crippen molar-refractivity contribution in [3.05, 3.63) is 44.3 Å². The highest BCUT2D eigenvalue weighted by atomic mass is 79.9. The largest absolute Gasteiger partial charge is 0.487 e. The van der Waals surface area contributed by atoms with Gasteiger partial charge in [0, 0.05) is 22.3 Å². The molecule has 114 valence electrons. The number of nitrogens with one attached hydrogen (secondary N) is 1. The van der Waals surface area contributed by atoms with Crippen LogP contribution in [0, 0.1) is 0 Å². The molecule has 0 saturated heterocycles. The zero-order chi connectivity index (χ0) is 15.2. The van der Waals surface area contributed by atoms with E-state index in [0.29, 0.717) is 12.5 Å². The smallest absolute Gasteiger partial charge is 0.131 e. The lowest BCUT2D eigenvalue weighted by Crippen LogP contribution is -2.12. The Morgan fingerprint density at radius 2 is 2.19 bits per heavy atom. The molecule has 1 heterocycles. The van der Waals surface area contributed by atoms with E-state index in [1.54, 1.807) is 11.3 Å². The predicted molar refractivity (Wildman–Crippen MR) is 92.1 cm³/mol. The van der Waals surface area contributed by atoms with E-state index in [1.807, 2.05) is 12.1 Å². The lowest BCUT2D eigenvalue weighted by Gasteiger charge is -2.09. The molecule has 1 N–H and O–H groups in total. The van der Waals surface area contributed by atoms with Crippen molar-refractivity contribution in [2.75, 3.05) is 6.54 Å². The number of benzene rings is 1. The van der Waals surface area contributed by atoms with Gasteiger partial charge in [-0.25, -0.2) is 4.98 Å². The SMILES string of the molecule is CCNCc1cc(OCc2csc(C(C)C)n2)ccc1Br. The Balaban J connectivity index is 1.98. The molecule has 0 aliphatic heterocycles. The highest BCUT2D eigenvalue weighted by Gasteiger charge is 2.07. The topological polar surface area (TPSA) is 34.1 Å². The maximum Gasteiger partial charge on any atom is 0.131 e. The zero-order valence-corrected chi connectivity index (χ0v) is 15.1. The molecule has 0 aliphatic carbocycles. The summed E-state index contributed by atoms with van der Waals surface area (Å²) < 4.78 is 6.96. The molecule has 0 radical (unpaired) electrons. The number of rotatable bonds is 7. The van der Waals surface area contributed by atoms with Gasteiger partial charge in [-0.05, 0) is 30.3 Å². The molecule has 0 saturated carbocycles. The predicted octanol–water partition coefficient (Wildman–Crippen LogP) is 4.72. The van der Waals surface area contributed by atoms with Gasteiger partial charge in [0.15, 0.2) is 0 Å². The number of thiazole rings is 1. The van der Waals surface area contributed by atoms with Gasteiger partial charge < -0.3 is 10.1 Å². The Labute approximate surface area is 138 Å².